The first-order valence-corrected chi connectivity index (χ1v) is 8.95. The number of carbonyl (C=O) groups is 1. The largest absolute Gasteiger partial charge is 0.497 e. The molecule has 0 fully saturated rings. The van der Waals surface area contributed by atoms with Crippen LogP contribution in [0.5, 0.6) is 17.2 Å². The SMILES string of the molecule is COc1ccc(C(NC(=O)COc2ccccc2OC)c2ccccc2)cc1. The van der Waals surface area contributed by atoms with Gasteiger partial charge in [0.1, 0.15) is 5.75 Å². The lowest BCUT2D eigenvalue weighted by Crippen LogP contribution is -2.33. The van der Waals surface area contributed by atoms with Crippen LogP contribution in [-0.2, 0) is 4.79 Å². The standard InChI is InChI=1S/C23H23NO4/c1-26-19-14-12-18(13-15-19)23(17-8-4-3-5-9-17)24-22(25)16-28-21-11-7-6-10-20(21)27-2/h3-15,23H,16H2,1-2H3,(H,24,25). The molecule has 0 aliphatic heterocycles. The summed E-state index contributed by atoms with van der Waals surface area (Å²) in [6.45, 7) is -0.111. The summed E-state index contributed by atoms with van der Waals surface area (Å²) in [6, 6.07) is 24.4. The van der Waals surface area contributed by atoms with Crippen LogP contribution in [0.2, 0.25) is 0 Å². The normalized spacial score (nSPS) is 11.4. The molecule has 0 spiro atoms. The predicted octanol–water partition coefficient (Wildman–Crippen LogP) is 3.99. The van der Waals surface area contributed by atoms with E-state index in [1.165, 1.54) is 0 Å². The van der Waals surface area contributed by atoms with E-state index in [1.54, 1.807) is 26.4 Å². The number of methoxy groups -OCH3 is 2. The van der Waals surface area contributed by atoms with Gasteiger partial charge in [0.15, 0.2) is 18.1 Å². The second-order valence-electron chi connectivity index (χ2n) is 6.12. The molecule has 0 aromatic heterocycles. The number of para-hydroxylation sites is 2. The lowest BCUT2D eigenvalue weighted by atomic mass is 9.98. The molecule has 0 saturated carbocycles. The topological polar surface area (TPSA) is 56.8 Å². The first kappa shape index (κ1) is 19.3. The molecule has 5 nitrogen and oxygen atoms in total. The average Bonchev–Trinajstić information content (AvgIpc) is 2.77. The van der Waals surface area contributed by atoms with Gasteiger partial charge in [-0.15, -0.1) is 0 Å². The van der Waals surface area contributed by atoms with Gasteiger partial charge in [-0.3, -0.25) is 4.79 Å². The van der Waals surface area contributed by atoms with Gasteiger partial charge < -0.3 is 19.5 Å². The molecule has 0 bridgehead atoms. The Kier molecular flexibility index (Phi) is 6.52. The van der Waals surface area contributed by atoms with Gasteiger partial charge in [-0.25, -0.2) is 0 Å². The highest BCUT2D eigenvalue weighted by Gasteiger charge is 2.17. The highest BCUT2D eigenvalue weighted by molar-refractivity contribution is 5.78. The molecular weight excluding hydrogens is 354 g/mol. The second kappa shape index (κ2) is 9.46. The number of nitrogens with one attached hydrogen (secondary N) is 1. The summed E-state index contributed by atoms with van der Waals surface area (Å²) in [7, 11) is 3.19. The van der Waals surface area contributed by atoms with Crippen LogP contribution in [0.3, 0.4) is 0 Å². The fraction of sp³-hybridized carbons (Fsp3) is 0.174. The van der Waals surface area contributed by atoms with Crippen molar-refractivity contribution in [1.82, 2.24) is 5.32 Å². The van der Waals surface area contributed by atoms with Crippen molar-refractivity contribution in [3.8, 4) is 17.2 Å². The molecule has 1 unspecified atom stereocenters. The van der Waals surface area contributed by atoms with Crippen molar-refractivity contribution < 1.29 is 19.0 Å². The van der Waals surface area contributed by atoms with E-state index in [1.807, 2.05) is 66.7 Å². The number of hydrogen-bond acceptors (Lipinski definition) is 4. The Hall–Kier alpha value is -3.47. The number of ether oxygens (including phenoxy) is 3. The highest BCUT2D eigenvalue weighted by Crippen LogP contribution is 2.26. The van der Waals surface area contributed by atoms with Crippen LogP contribution in [0.1, 0.15) is 17.2 Å². The Labute approximate surface area is 164 Å². The first-order valence-electron chi connectivity index (χ1n) is 8.95. The zero-order valence-corrected chi connectivity index (χ0v) is 15.9. The van der Waals surface area contributed by atoms with Gasteiger partial charge in [0, 0.05) is 0 Å². The summed E-state index contributed by atoms with van der Waals surface area (Å²) in [4.78, 5) is 12.6. The van der Waals surface area contributed by atoms with Crippen LogP contribution in [0.15, 0.2) is 78.9 Å². The molecule has 1 atom stereocenters. The Bertz CT molecular complexity index is 894. The fourth-order valence-electron chi connectivity index (χ4n) is 2.88. The van der Waals surface area contributed by atoms with Crippen LogP contribution in [0.4, 0.5) is 0 Å². The number of benzene rings is 3. The minimum atomic E-state index is -0.291. The Balaban J connectivity index is 1.74. The van der Waals surface area contributed by atoms with E-state index < -0.39 is 0 Å². The van der Waals surface area contributed by atoms with Crippen LogP contribution < -0.4 is 19.5 Å². The molecule has 0 heterocycles. The summed E-state index contributed by atoms with van der Waals surface area (Å²) in [6.07, 6.45) is 0. The lowest BCUT2D eigenvalue weighted by Gasteiger charge is -2.20. The highest BCUT2D eigenvalue weighted by atomic mass is 16.5. The van der Waals surface area contributed by atoms with E-state index >= 15 is 0 Å². The van der Waals surface area contributed by atoms with Crippen molar-refractivity contribution in [3.05, 3.63) is 90.0 Å². The van der Waals surface area contributed by atoms with Gasteiger partial charge in [-0.05, 0) is 35.4 Å². The van der Waals surface area contributed by atoms with Crippen molar-refractivity contribution in [3.63, 3.8) is 0 Å². The van der Waals surface area contributed by atoms with E-state index in [4.69, 9.17) is 14.2 Å². The van der Waals surface area contributed by atoms with Gasteiger partial charge in [0.25, 0.3) is 5.91 Å². The van der Waals surface area contributed by atoms with Crippen molar-refractivity contribution in [2.75, 3.05) is 20.8 Å². The van der Waals surface area contributed by atoms with Crippen molar-refractivity contribution in [2.24, 2.45) is 0 Å². The smallest absolute Gasteiger partial charge is 0.258 e. The summed E-state index contributed by atoms with van der Waals surface area (Å²) in [5.74, 6) is 1.66. The minimum absolute atomic E-state index is 0.111. The number of carbonyl (C=O) groups excluding carboxylic acids is 1. The molecule has 0 aliphatic rings. The van der Waals surface area contributed by atoms with Gasteiger partial charge in [0.05, 0.1) is 20.3 Å². The van der Waals surface area contributed by atoms with Crippen molar-refractivity contribution in [2.45, 2.75) is 6.04 Å². The summed E-state index contributed by atoms with van der Waals surface area (Å²) >= 11 is 0. The van der Waals surface area contributed by atoms with Crippen LogP contribution in [0.25, 0.3) is 0 Å². The minimum Gasteiger partial charge on any atom is -0.497 e. The predicted molar refractivity (Wildman–Crippen MR) is 108 cm³/mol. The van der Waals surface area contributed by atoms with Gasteiger partial charge in [-0.2, -0.15) is 0 Å². The molecule has 5 heteroatoms. The third kappa shape index (κ3) is 4.82. The van der Waals surface area contributed by atoms with Crippen LogP contribution in [0, 0.1) is 0 Å². The van der Waals surface area contributed by atoms with Crippen molar-refractivity contribution >= 4 is 5.91 Å². The maximum Gasteiger partial charge on any atom is 0.258 e. The van der Waals surface area contributed by atoms with Crippen molar-refractivity contribution in [1.29, 1.82) is 0 Å². The molecule has 3 aromatic carbocycles. The summed E-state index contributed by atoms with van der Waals surface area (Å²) in [5, 5.41) is 3.05. The van der Waals surface area contributed by atoms with E-state index in [0.29, 0.717) is 11.5 Å². The van der Waals surface area contributed by atoms with E-state index in [9.17, 15) is 4.79 Å². The maximum absolute atomic E-state index is 12.6. The van der Waals surface area contributed by atoms with Gasteiger partial charge in [0.2, 0.25) is 0 Å². The van der Waals surface area contributed by atoms with Crippen LogP contribution >= 0.6 is 0 Å². The lowest BCUT2D eigenvalue weighted by molar-refractivity contribution is -0.123. The third-order valence-electron chi connectivity index (χ3n) is 4.32. The van der Waals surface area contributed by atoms with Crippen LogP contribution in [-0.4, -0.2) is 26.7 Å². The Morgan fingerprint density at radius 2 is 1.39 bits per heavy atom. The molecule has 1 N–H and O–H groups in total. The Morgan fingerprint density at radius 3 is 2.04 bits per heavy atom. The molecule has 0 aliphatic carbocycles. The molecule has 1 amide bonds. The average molecular weight is 377 g/mol. The molecule has 28 heavy (non-hydrogen) atoms. The third-order valence-corrected chi connectivity index (χ3v) is 4.32. The molecule has 0 saturated heterocycles. The van der Waals surface area contributed by atoms with E-state index in [0.717, 1.165) is 16.9 Å². The Morgan fingerprint density at radius 1 is 0.786 bits per heavy atom. The summed E-state index contributed by atoms with van der Waals surface area (Å²) < 4.78 is 16.1. The number of amides is 1. The first-order chi connectivity index (χ1) is 13.7. The molecule has 0 radical (unpaired) electrons. The molecule has 144 valence electrons. The van der Waals surface area contributed by atoms with Gasteiger partial charge in [-0.1, -0.05) is 54.6 Å². The van der Waals surface area contributed by atoms with E-state index in [2.05, 4.69) is 5.32 Å². The summed E-state index contributed by atoms with van der Waals surface area (Å²) in [5.41, 5.74) is 1.94. The van der Waals surface area contributed by atoms with Gasteiger partial charge >= 0.3 is 0 Å². The quantitative estimate of drug-likeness (QED) is 0.645. The molecule has 3 rings (SSSR count). The number of hydrogen-bond donors (Lipinski definition) is 1. The zero-order chi connectivity index (χ0) is 19.8. The maximum atomic E-state index is 12.6. The second-order valence-corrected chi connectivity index (χ2v) is 6.12. The zero-order valence-electron chi connectivity index (χ0n) is 15.9. The molecule has 3 aromatic rings. The fourth-order valence-corrected chi connectivity index (χ4v) is 2.88. The number of rotatable bonds is 8. The van der Waals surface area contributed by atoms with E-state index in [-0.39, 0.29) is 18.6 Å². The monoisotopic (exact) mass is 377 g/mol. The molecular formula is C23H23NO4.